The van der Waals surface area contributed by atoms with Gasteiger partial charge in [-0.25, -0.2) is 12.8 Å². The monoisotopic (exact) mass is 297 g/mol. The lowest BCUT2D eigenvalue weighted by Gasteiger charge is -2.21. The average molecular weight is 297 g/mol. The Morgan fingerprint density at radius 3 is 3.00 bits per heavy atom. The van der Waals surface area contributed by atoms with E-state index in [1.54, 1.807) is 12.1 Å². The molecule has 0 N–H and O–H groups in total. The van der Waals surface area contributed by atoms with Crippen molar-refractivity contribution in [1.29, 1.82) is 0 Å². The zero-order valence-electron chi connectivity index (χ0n) is 11.0. The van der Waals surface area contributed by atoms with Crippen LogP contribution in [0.3, 0.4) is 0 Å². The van der Waals surface area contributed by atoms with Crippen LogP contribution >= 0.6 is 0 Å². The summed E-state index contributed by atoms with van der Waals surface area (Å²) in [4.78, 5) is 0. The van der Waals surface area contributed by atoms with Gasteiger partial charge in [-0.15, -0.1) is 0 Å². The quantitative estimate of drug-likeness (QED) is 0.834. The Morgan fingerprint density at radius 2 is 2.30 bits per heavy atom. The van der Waals surface area contributed by atoms with Gasteiger partial charge in [0.2, 0.25) is 10.0 Å². The van der Waals surface area contributed by atoms with Crippen LogP contribution in [-0.2, 0) is 21.3 Å². The van der Waals surface area contributed by atoms with Gasteiger partial charge in [0.05, 0.1) is 6.10 Å². The van der Waals surface area contributed by atoms with E-state index in [0.717, 1.165) is 12.8 Å². The van der Waals surface area contributed by atoms with Gasteiger partial charge in [-0.3, -0.25) is 0 Å². The lowest BCUT2D eigenvalue weighted by atomic mass is 9.88. The maximum absolute atomic E-state index is 13.2. The average Bonchev–Trinajstić information content (AvgIpc) is 3.00. The van der Waals surface area contributed by atoms with Gasteiger partial charge in [-0.05, 0) is 37.0 Å². The summed E-state index contributed by atoms with van der Waals surface area (Å²) in [5.41, 5.74) is 0.177. The highest BCUT2D eigenvalue weighted by Crippen LogP contribution is 2.52. The Labute approximate surface area is 117 Å². The minimum atomic E-state index is -3.33. The van der Waals surface area contributed by atoms with Gasteiger partial charge in [0.25, 0.3) is 0 Å². The SMILES string of the molecule is O=S1(=O)C2CC3CCC2(CN1Cc1cccc(F)c1)O3. The Kier molecular flexibility index (Phi) is 2.56. The molecular formula is C14H16FNO3S. The van der Waals surface area contributed by atoms with Crippen molar-refractivity contribution in [2.75, 3.05) is 6.54 Å². The molecular weight excluding hydrogens is 281 g/mol. The number of benzene rings is 1. The van der Waals surface area contributed by atoms with Crippen LogP contribution in [0.4, 0.5) is 4.39 Å². The van der Waals surface area contributed by atoms with E-state index >= 15 is 0 Å². The Balaban J connectivity index is 1.64. The summed E-state index contributed by atoms with van der Waals surface area (Å²) in [7, 11) is -3.33. The number of nitrogens with zero attached hydrogens (tertiary/aromatic N) is 1. The van der Waals surface area contributed by atoms with E-state index in [9.17, 15) is 12.8 Å². The molecule has 6 heteroatoms. The molecule has 3 unspecified atom stereocenters. The van der Waals surface area contributed by atoms with E-state index < -0.39 is 20.9 Å². The van der Waals surface area contributed by atoms with Gasteiger partial charge in [0.15, 0.2) is 0 Å². The number of fused-ring (bicyclic) bond motifs is 1. The molecule has 1 aromatic carbocycles. The van der Waals surface area contributed by atoms with E-state index in [1.165, 1.54) is 16.4 Å². The molecule has 0 aromatic heterocycles. The normalized spacial score (nSPS) is 38.2. The molecule has 3 aliphatic rings. The second-order valence-corrected chi connectivity index (χ2v) is 8.13. The first-order valence-electron chi connectivity index (χ1n) is 6.91. The highest BCUT2D eigenvalue weighted by atomic mass is 32.2. The molecule has 20 heavy (non-hydrogen) atoms. The molecule has 3 atom stereocenters. The minimum Gasteiger partial charge on any atom is -0.369 e. The van der Waals surface area contributed by atoms with Crippen molar-refractivity contribution in [3.8, 4) is 0 Å². The molecule has 0 saturated carbocycles. The van der Waals surface area contributed by atoms with Crippen molar-refractivity contribution in [1.82, 2.24) is 4.31 Å². The maximum Gasteiger partial charge on any atom is 0.220 e. The lowest BCUT2D eigenvalue weighted by molar-refractivity contribution is 0.0119. The van der Waals surface area contributed by atoms with Crippen LogP contribution in [0.1, 0.15) is 24.8 Å². The first-order chi connectivity index (χ1) is 9.49. The fourth-order valence-corrected chi connectivity index (χ4v) is 6.21. The third-order valence-electron chi connectivity index (χ3n) is 4.77. The van der Waals surface area contributed by atoms with E-state index in [1.807, 2.05) is 0 Å². The topological polar surface area (TPSA) is 46.6 Å². The van der Waals surface area contributed by atoms with E-state index in [2.05, 4.69) is 0 Å². The third kappa shape index (κ3) is 1.68. The molecule has 0 amide bonds. The van der Waals surface area contributed by atoms with Crippen molar-refractivity contribution < 1.29 is 17.5 Å². The van der Waals surface area contributed by atoms with E-state index in [-0.39, 0.29) is 18.5 Å². The molecule has 2 bridgehead atoms. The predicted molar refractivity (Wildman–Crippen MR) is 71.0 cm³/mol. The van der Waals surface area contributed by atoms with Gasteiger partial charge in [0, 0.05) is 13.1 Å². The highest BCUT2D eigenvalue weighted by molar-refractivity contribution is 7.90. The molecule has 108 valence electrons. The van der Waals surface area contributed by atoms with Crippen LogP contribution < -0.4 is 0 Å². The molecule has 3 aliphatic heterocycles. The number of rotatable bonds is 2. The summed E-state index contributed by atoms with van der Waals surface area (Å²) in [6.07, 6.45) is 2.51. The lowest BCUT2D eigenvalue weighted by Crippen LogP contribution is -2.38. The Bertz CT molecular complexity index is 662. The van der Waals surface area contributed by atoms with Crippen LogP contribution in [0.15, 0.2) is 24.3 Å². The van der Waals surface area contributed by atoms with Crippen LogP contribution in [-0.4, -0.2) is 36.2 Å². The van der Waals surface area contributed by atoms with E-state index in [4.69, 9.17) is 4.74 Å². The van der Waals surface area contributed by atoms with Gasteiger partial charge in [0.1, 0.15) is 16.7 Å². The molecule has 1 spiro atoms. The second-order valence-electron chi connectivity index (χ2n) is 6.01. The Hall–Kier alpha value is -0.980. The largest absolute Gasteiger partial charge is 0.369 e. The number of ether oxygens (including phenoxy) is 1. The molecule has 3 heterocycles. The van der Waals surface area contributed by atoms with Crippen LogP contribution in [0.5, 0.6) is 0 Å². The van der Waals surface area contributed by atoms with Gasteiger partial charge >= 0.3 is 0 Å². The fourth-order valence-electron chi connectivity index (χ4n) is 3.88. The number of hydrogen-bond acceptors (Lipinski definition) is 3. The molecule has 4 nitrogen and oxygen atoms in total. The molecule has 1 aromatic rings. The van der Waals surface area contributed by atoms with Crippen molar-refractivity contribution in [3.05, 3.63) is 35.6 Å². The van der Waals surface area contributed by atoms with E-state index in [0.29, 0.717) is 18.5 Å². The fraction of sp³-hybridized carbons (Fsp3) is 0.571. The van der Waals surface area contributed by atoms with Crippen molar-refractivity contribution in [2.24, 2.45) is 0 Å². The number of hydrogen-bond donors (Lipinski definition) is 0. The van der Waals surface area contributed by atoms with Crippen LogP contribution in [0, 0.1) is 5.82 Å². The van der Waals surface area contributed by atoms with Crippen molar-refractivity contribution >= 4 is 10.0 Å². The summed E-state index contributed by atoms with van der Waals surface area (Å²) in [5.74, 6) is -0.338. The third-order valence-corrected chi connectivity index (χ3v) is 7.09. The Morgan fingerprint density at radius 1 is 1.45 bits per heavy atom. The first kappa shape index (κ1) is 12.7. The zero-order chi connectivity index (χ0) is 14.0. The molecule has 3 fully saturated rings. The molecule has 3 saturated heterocycles. The molecule has 0 radical (unpaired) electrons. The van der Waals surface area contributed by atoms with Crippen LogP contribution in [0.2, 0.25) is 0 Å². The second kappa shape index (κ2) is 4.02. The zero-order valence-corrected chi connectivity index (χ0v) is 11.8. The van der Waals surface area contributed by atoms with Crippen molar-refractivity contribution in [3.63, 3.8) is 0 Å². The first-order valence-corrected chi connectivity index (χ1v) is 8.41. The molecule has 0 aliphatic carbocycles. The minimum absolute atomic E-state index is 0.117. The number of halogens is 1. The summed E-state index contributed by atoms with van der Waals surface area (Å²) < 4.78 is 45.8. The van der Waals surface area contributed by atoms with Gasteiger partial charge < -0.3 is 4.74 Å². The van der Waals surface area contributed by atoms with Gasteiger partial charge in [-0.1, -0.05) is 12.1 Å². The van der Waals surface area contributed by atoms with Gasteiger partial charge in [-0.2, -0.15) is 4.31 Å². The summed E-state index contributed by atoms with van der Waals surface area (Å²) in [5, 5.41) is -0.401. The summed E-state index contributed by atoms with van der Waals surface area (Å²) >= 11 is 0. The van der Waals surface area contributed by atoms with Crippen molar-refractivity contribution in [2.45, 2.75) is 42.8 Å². The summed E-state index contributed by atoms with van der Waals surface area (Å²) in [6, 6.07) is 6.11. The maximum atomic E-state index is 13.2. The predicted octanol–water partition coefficient (Wildman–Crippen LogP) is 1.66. The highest BCUT2D eigenvalue weighted by Gasteiger charge is 2.65. The van der Waals surface area contributed by atoms with Crippen LogP contribution in [0.25, 0.3) is 0 Å². The summed E-state index contributed by atoms with van der Waals surface area (Å²) in [6.45, 7) is 0.638. The number of sulfonamides is 1. The molecule has 4 rings (SSSR count). The standard InChI is InChI=1S/C14H16FNO3S/c15-11-3-1-2-10(6-11)8-16-9-14-5-4-12(19-14)7-13(14)20(16,17)18/h1-3,6,12-13H,4-5,7-9H2. The smallest absolute Gasteiger partial charge is 0.220 e.